The Hall–Kier alpha value is -1.96. The van der Waals surface area contributed by atoms with Gasteiger partial charge in [-0.2, -0.15) is 0 Å². The first kappa shape index (κ1) is 15.9. The molecule has 122 valence electrons. The van der Waals surface area contributed by atoms with Crippen molar-refractivity contribution in [2.75, 3.05) is 13.1 Å². The number of piperidine rings is 1. The summed E-state index contributed by atoms with van der Waals surface area (Å²) in [5.41, 5.74) is 5.46. The number of aliphatic hydroxyl groups is 1. The second-order valence-electron chi connectivity index (χ2n) is 5.84. The second kappa shape index (κ2) is 6.27. The summed E-state index contributed by atoms with van der Waals surface area (Å²) in [6, 6.07) is 7.28. The van der Waals surface area contributed by atoms with Gasteiger partial charge in [0.05, 0.1) is 17.6 Å². The number of hydrogen-bond acceptors (Lipinski definition) is 5. The molecule has 1 amide bonds. The summed E-state index contributed by atoms with van der Waals surface area (Å²) in [6.07, 6.45) is 2.93. The minimum atomic E-state index is -1.45. The molecule has 8 heteroatoms. The smallest absolute Gasteiger partial charge is 0.250 e. The van der Waals surface area contributed by atoms with Gasteiger partial charge >= 0.3 is 0 Å². The molecule has 1 saturated heterocycles. The van der Waals surface area contributed by atoms with Crippen LogP contribution in [-0.4, -0.2) is 49.6 Å². The fraction of sp³-hybridized carbons (Fsp3) is 0.400. The molecule has 2 aromatic rings. The lowest BCUT2D eigenvalue weighted by molar-refractivity contribution is -0.142. The van der Waals surface area contributed by atoms with Gasteiger partial charge in [-0.25, -0.2) is 4.68 Å². The van der Waals surface area contributed by atoms with E-state index < -0.39 is 11.5 Å². The molecule has 1 aromatic carbocycles. The number of aromatic nitrogens is 3. The first-order valence-corrected chi connectivity index (χ1v) is 7.76. The van der Waals surface area contributed by atoms with Crippen molar-refractivity contribution in [2.45, 2.75) is 25.0 Å². The van der Waals surface area contributed by atoms with E-state index in [2.05, 4.69) is 10.3 Å². The molecule has 0 radical (unpaired) electrons. The van der Waals surface area contributed by atoms with Crippen LogP contribution < -0.4 is 5.73 Å². The van der Waals surface area contributed by atoms with Gasteiger partial charge < -0.3 is 10.8 Å². The van der Waals surface area contributed by atoms with Gasteiger partial charge in [-0.05, 0) is 43.7 Å². The van der Waals surface area contributed by atoms with Gasteiger partial charge in [0.25, 0.3) is 5.91 Å². The molecule has 1 aliphatic heterocycles. The van der Waals surface area contributed by atoms with Gasteiger partial charge in [-0.1, -0.05) is 16.8 Å². The van der Waals surface area contributed by atoms with Crippen molar-refractivity contribution in [1.82, 2.24) is 19.9 Å². The second-order valence-corrected chi connectivity index (χ2v) is 6.28. The molecule has 0 saturated carbocycles. The predicted octanol–water partition coefficient (Wildman–Crippen LogP) is 0.733. The van der Waals surface area contributed by atoms with E-state index in [1.54, 1.807) is 16.8 Å². The third-order valence-electron chi connectivity index (χ3n) is 4.03. The van der Waals surface area contributed by atoms with E-state index in [1.165, 1.54) is 0 Å². The van der Waals surface area contributed by atoms with Crippen molar-refractivity contribution in [1.29, 1.82) is 0 Å². The Balaban J connectivity index is 1.69. The van der Waals surface area contributed by atoms with Crippen molar-refractivity contribution in [2.24, 2.45) is 5.73 Å². The number of halogens is 1. The van der Waals surface area contributed by atoms with Crippen LogP contribution in [0.3, 0.4) is 0 Å². The molecule has 3 rings (SSSR count). The van der Waals surface area contributed by atoms with Crippen LogP contribution in [0.25, 0.3) is 5.69 Å². The van der Waals surface area contributed by atoms with Gasteiger partial charge in [-0.15, -0.1) is 5.10 Å². The van der Waals surface area contributed by atoms with E-state index in [0.29, 0.717) is 24.4 Å². The minimum absolute atomic E-state index is 0.218. The number of nitrogens with zero attached hydrogens (tertiary/aromatic N) is 4. The molecule has 1 atom stereocenters. The Labute approximate surface area is 138 Å². The molecule has 3 N–H and O–H groups in total. The molecule has 23 heavy (non-hydrogen) atoms. The summed E-state index contributed by atoms with van der Waals surface area (Å²) in [5.74, 6) is -0.674. The number of carbonyl (C=O) groups is 1. The van der Waals surface area contributed by atoms with E-state index in [9.17, 15) is 9.90 Å². The molecular formula is C15H18ClN5O2. The zero-order valence-corrected chi connectivity index (χ0v) is 13.3. The van der Waals surface area contributed by atoms with Crippen LogP contribution in [0.2, 0.25) is 5.02 Å². The molecule has 1 aromatic heterocycles. The lowest BCUT2D eigenvalue weighted by Crippen LogP contribution is -2.55. The normalized spacial score (nSPS) is 22.2. The van der Waals surface area contributed by atoms with Crippen molar-refractivity contribution in [3.05, 3.63) is 41.2 Å². The Kier molecular flexibility index (Phi) is 4.34. The van der Waals surface area contributed by atoms with E-state index >= 15 is 0 Å². The molecule has 0 aliphatic carbocycles. The Morgan fingerprint density at radius 2 is 2.13 bits per heavy atom. The molecule has 1 unspecified atom stereocenters. The molecule has 0 spiro atoms. The lowest BCUT2D eigenvalue weighted by atomic mass is 9.92. The lowest BCUT2D eigenvalue weighted by Gasteiger charge is -2.36. The fourth-order valence-corrected chi connectivity index (χ4v) is 2.91. The molecule has 2 heterocycles. The average molecular weight is 336 g/mol. The number of nitrogens with two attached hydrogens (primary N) is 1. The predicted molar refractivity (Wildman–Crippen MR) is 85.0 cm³/mol. The Bertz CT molecular complexity index is 702. The highest BCUT2D eigenvalue weighted by Crippen LogP contribution is 2.22. The maximum absolute atomic E-state index is 11.4. The van der Waals surface area contributed by atoms with Gasteiger partial charge in [0.1, 0.15) is 0 Å². The largest absolute Gasteiger partial charge is 0.379 e. The van der Waals surface area contributed by atoms with Crippen molar-refractivity contribution < 1.29 is 9.90 Å². The van der Waals surface area contributed by atoms with E-state index in [-0.39, 0.29) is 6.54 Å². The quantitative estimate of drug-likeness (QED) is 0.858. The molecule has 0 bridgehead atoms. The monoisotopic (exact) mass is 335 g/mol. The summed E-state index contributed by atoms with van der Waals surface area (Å²) in [5, 5.41) is 19.1. The molecule has 1 fully saturated rings. The average Bonchev–Trinajstić information content (AvgIpc) is 2.96. The van der Waals surface area contributed by atoms with Crippen molar-refractivity contribution >= 4 is 17.5 Å². The van der Waals surface area contributed by atoms with E-state index in [0.717, 1.165) is 17.9 Å². The SMILES string of the molecule is NC(=O)C1(O)CCCN(Cc2cn(-c3ccc(Cl)cc3)nn2)C1. The van der Waals surface area contributed by atoms with Crippen LogP contribution in [0.1, 0.15) is 18.5 Å². The Morgan fingerprint density at radius 3 is 2.83 bits per heavy atom. The number of amides is 1. The van der Waals surface area contributed by atoms with E-state index in [4.69, 9.17) is 17.3 Å². The van der Waals surface area contributed by atoms with Crippen molar-refractivity contribution in [3.63, 3.8) is 0 Å². The standard InChI is InChI=1S/C15H18ClN5O2/c16-11-2-4-13(5-3-11)21-9-12(18-19-21)8-20-7-1-6-15(23,10-20)14(17)22/h2-5,9,23H,1,6-8,10H2,(H2,17,22). The maximum Gasteiger partial charge on any atom is 0.250 e. The zero-order valence-electron chi connectivity index (χ0n) is 12.5. The van der Waals surface area contributed by atoms with Crippen LogP contribution in [-0.2, 0) is 11.3 Å². The van der Waals surface area contributed by atoms with Crippen LogP contribution in [0.4, 0.5) is 0 Å². The highest BCUT2D eigenvalue weighted by molar-refractivity contribution is 6.30. The summed E-state index contributed by atoms with van der Waals surface area (Å²) in [7, 11) is 0. The summed E-state index contributed by atoms with van der Waals surface area (Å²) in [6.45, 7) is 1.50. The number of benzene rings is 1. The number of primary amides is 1. The van der Waals surface area contributed by atoms with Crippen molar-refractivity contribution in [3.8, 4) is 5.69 Å². The third-order valence-corrected chi connectivity index (χ3v) is 4.28. The summed E-state index contributed by atoms with van der Waals surface area (Å²) < 4.78 is 1.66. The Morgan fingerprint density at radius 1 is 1.39 bits per heavy atom. The number of carbonyl (C=O) groups excluding carboxylic acids is 1. The molecule has 7 nitrogen and oxygen atoms in total. The first-order valence-electron chi connectivity index (χ1n) is 7.38. The van der Waals surface area contributed by atoms with Gasteiger partial charge in [-0.3, -0.25) is 9.69 Å². The van der Waals surface area contributed by atoms with Crippen LogP contribution in [0.15, 0.2) is 30.5 Å². The maximum atomic E-state index is 11.4. The number of hydrogen-bond donors (Lipinski definition) is 2. The third kappa shape index (κ3) is 3.52. The first-order chi connectivity index (χ1) is 11.0. The topological polar surface area (TPSA) is 97.3 Å². The highest BCUT2D eigenvalue weighted by Gasteiger charge is 2.38. The van der Waals surface area contributed by atoms with Crippen LogP contribution >= 0.6 is 11.6 Å². The fourth-order valence-electron chi connectivity index (χ4n) is 2.78. The summed E-state index contributed by atoms with van der Waals surface area (Å²) in [4.78, 5) is 13.4. The molecule has 1 aliphatic rings. The van der Waals surface area contributed by atoms with E-state index in [1.807, 2.05) is 23.2 Å². The number of β-amino-alcohol motifs (C(OH)–C–C–N with tert-alkyl or cyclic N) is 1. The van der Waals surface area contributed by atoms with Gasteiger partial charge in [0, 0.05) is 18.1 Å². The number of likely N-dealkylation sites (tertiary alicyclic amines) is 1. The number of rotatable bonds is 4. The zero-order chi connectivity index (χ0) is 16.4. The van der Waals surface area contributed by atoms with Crippen LogP contribution in [0, 0.1) is 0 Å². The van der Waals surface area contributed by atoms with Gasteiger partial charge in [0.2, 0.25) is 0 Å². The molecular weight excluding hydrogens is 318 g/mol. The summed E-state index contributed by atoms with van der Waals surface area (Å²) >= 11 is 5.87. The highest BCUT2D eigenvalue weighted by atomic mass is 35.5. The van der Waals surface area contributed by atoms with Crippen LogP contribution in [0.5, 0.6) is 0 Å². The minimum Gasteiger partial charge on any atom is -0.379 e. The van der Waals surface area contributed by atoms with Gasteiger partial charge in [0.15, 0.2) is 5.60 Å².